The van der Waals surface area contributed by atoms with E-state index in [1.54, 1.807) is 0 Å². The molecule has 0 aliphatic carbocycles. The molecule has 0 bridgehead atoms. The van der Waals surface area contributed by atoms with Gasteiger partial charge in [-0.15, -0.1) is 0 Å². The minimum Gasteiger partial charge on any atom is -0.328 e. The number of benzene rings is 1. The molecule has 0 aliphatic heterocycles. The SMILES string of the molecule is CC(N)CCCC(C)CN(C)Cc1ccccc1Br. The van der Waals surface area contributed by atoms with Crippen molar-refractivity contribution in [3.8, 4) is 0 Å². The van der Waals surface area contributed by atoms with Crippen LogP contribution in [-0.4, -0.2) is 24.5 Å². The Morgan fingerprint density at radius 3 is 2.53 bits per heavy atom. The van der Waals surface area contributed by atoms with Gasteiger partial charge in [0.2, 0.25) is 0 Å². The average Bonchev–Trinajstić information content (AvgIpc) is 2.31. The van der Waals surface area contributed by atoms with Crippen LogP contribution in [0.1, 0.15) is 38.7 Å². The van der Waals surface area contributed by atoms with E-state index in [9.17, 15) is 0 Å². The third-order valence-electron chi connectivity index (χ3n) is 3.38. The Morgan fingerprint density at radius 1 is 1.21 bits per heavy atom. The van der Waals surface area contributed by atoms with Crippen molar-refractivity contribution in [3.63, 3.8) is 0 Å². The fourth-order valence-corrected chi connectivity index (χ4v) is 2.80. The molecule has 1 aromatic carbocycles. The van der Waals surface area contributed by atoms with Crippen LogP contribution < -0.4 is 5.73 Å². The Balaban J connectivity index is 2.30. The van der Waals surface area contributed by atoms with Crippen LogP contribution in [-0.2, 0) is 6.54 Å². The van der Waals surface area contributed by atoms with Crippen molar-refractivity contribution in [2.45, 2.75) is 45.7 Å². The highest BCUT2D eigenvalue weighted by atomic mass is 79.9. The van der Waals surface area contributed by atoms with Gasteiger partial charge in [0.05, 0.1) is 0 Å². The summed E-state index contributed by atoms with van der Waals surface area (Å²) in [6.07, 6.45) is 3.64. The molecule has 2 N–H and O–H groups in total. The van der Waals surface area contributed by atoms with Gasteiger partial charge in [0.25, 0.3) is 0 Å². The van der Waals surface area contributed by atoms with E-state index in [-0.39, 0.29) is 0 Å². The third kappa shape index (κ3) is 7.09. The van der Waals surface area contributed by atoms with Gasteiger partial charge in [-0.05, 0) is 44.4 Å². The Bertz CT molecular complexity index is 366. The van der Waals surface area contributed by atoms with E-state index >= 15 is 0 Å². The minimum atomic E-state index is 0.338. The van der Waals surface area contributed by atoms with Gasteiger partial charge in [-0.2, -0.15) is 0 Å². The van der Waals surface area contributed by atoms with Crippen LogP contribution in [0.3, 0.4) is 0 Å². The Kier molecular flexibility index (Phi) is 7.66. The van der Waals surface area contributed by atoms with E-state index in [1.165, 1.54) is 22.9 Å². The predicted octanol–water partition coefficient (Wildman–Crippen LogP) is 4.03. The van der Waals surface area contributed by atoms with E-state index < -0.39 is 0 Å². The average molecular weight is 327 g/mol. The molecule has 0 saturated carbocycles. The molecule has 3 heteroatoms. The molecule has 0 radical (unpaired) electrons. The van der Waals surface area contributed by atoms with E-state index in [4.69, 9.17) is 5.73 Å². The standard InChI is InChI=1S/C16H27BrN2/c1-13(7-6-8-14(2)18)11-19(3)12-15-9-4-5-10-16(15)17/h4-5,9-10,13-14H,6-8,11-12,18H2,1-3H3. The maximum atomic E-state index is 5.78. The van der Waals surface area contributed by atoms with Crippen LogP contribution in [0, 0.1) is 5.92 Å². The van der Waals surface area contributed by atoms with Crippen LogP contribution in [0.5, 0.6) is 0 Å². The number of hydrogen-bond acceptors (Lipinski definition) is 2. The van der Waals surface area contributed by atoms with Crippen molar-refractivity contribution in [3.05, 3.63) is 34.3 Å². The monoisotopic (exact) mass is 326 g/mol. The molecule has 0 aliphatic rings. The van der Waals surface area contributed by atoms with Crippen molar-refractivity contribution in [1.29, 1.82) is 0 Å². The topological polar surface area (TPSA) is 29.3 Å². The second-order valence-corrected chi connectivity index (χ2v) is 6.66. The van der Waals surface area contributed by atoms with Gasteiger partial charge in [-0.1, -0.05) is 47.5 Å². The van der Waals surface area contributed by atoms with Crippen LogP contribution in [0.2, 0.25) is 0 Å². The summed E-state index contributed by atoms with van der Waals surface area (Å²) in [6.45, 7) is 6.56. The van der Waals surface area contributed by atoms with Crippen LogP contribution in [0.15, 0.2) is 28.7 Å². The first-order valence-electron chi connectivity index (χ1n) is 7.16. The van der Waals surface area contributed by atoms with Gasteiger partial charge in [-0.25, -0.2) is 0 Å². The largest absolute Gasteiger partial charge is 0.328 e. The molecule has 0 aromatic heterocycles. The Morgan fingerprint density at radius 2 is 1.89 bits per heavy atom. The maximum absolute atomic E-state index is 5.78. The molecule has 1 aromatic rings. The molecular weight excluding hydrogens is 300 g/mol. The first-order chi connectivity index (χ1) is 8.99. The van der Waals surface area contributed by atoms with Crippen LogP contribution in [0.25, 0.3) is 0 Å². The molecule has 0 amide bonds. The zero-order valence-electron chi connectivity index (χ0n) is 12.4. The van der Waals surface area contributed by atoms with Crippen molar-refractivity contribution in [1.82, 2.24) is 4.90 Å². The first kappa shape index (κ1) is 16.7. The summed E-state index contributed by atoms with van der Waals surface area (Å²) in [4.78, 5) is 2.40. The number of nitrogens with two attached hydrogens (primary N) is 1. The lowest BCUT2D eigenvalue weighted by molar-refractivity contribution is 0.267. The normalized spacial score (nSPS) is 14.6. The van der Waals surface area contributed by atoms with E-state index in [2.05, 4.69) is 66.0 Å². The number of hydrogen-bond donors (Lipinski definition) is 1. The van der Waals surface area contributed by atoms with Gasteiger partial charge in [0.1, 0.15) is 0 Å². The second-order valence-electron chi connectivity index (χ2n) is 5.80. The van der Waals surface area contributed by atoms with Gasteiger partial charge >= 0.3 is 0 Å². The maximum Gasteiger partial charge on any atom is 0.0242 e. The summed E-state index contributed by atoms with van der Waals surface area (Å²) in [5.74, 6) is 0.728. The zero-order chi connectivity index (χ0) is 14.3. The predicted molar refractivity (Wildman–Crippen MR) is 87.1 cm³/mol. The van der Waals surface area contributed by atoms with Crippen molar-refractivity contribution in [2.24, 2.45) is 11.7 Å². The molecule has 0 saturated heterocycles. The Hall–Kier alpha value is -0.380. The molecule has 2 nitrogen and oxygen atoms in total. The van der Waals surface area contributed by atoms with Gasteiger partial charge in [0, 0.05) is 23.6 Å². The van der Waals surface area contributed by atoms with Gasteiger partial charge in [0.15, 0.2) is 0 Å². The van der Waals surface area contributed by atoms with Crippen LogP contribution >= 0.6 is 15.9 Å². The van der Waals surface area contributed by atoms with E-state index in [1.807, 2.05) is 0 Å². The second kappa shape index (κ2) is 8.72. The summed E-state index contributed by atoms with van der Waals surface area (Å²) >= 11 is 3.61. The van der Waals surface area contributed by atoms with Gasteiger partial charge in [-0.3, -0.25) is 0 Å². The summed E-state index contributed by atoms with van der Waals surface area (Å²) in [5.41, 5.74) is 7.14. The van der Waals surface area contributed by atoms with Crippen molar-refractivity contribution in [2.75, 3.05) is 13.6 Å². The van der Waals surface area contributed by atoms with Gasteiger partial charge < -0.3 is 10.6 Å². The Labute approximate surface area is 126 Å². The highest BCUT2D eigenvalue weighted by Gasteiger charge is 2.09. The van der Waals surface area contributed by atoms with Crippen LogP contribution in [0.4, 0.5) is 0 Å². The third-order valence-corrected chi connectivity index (χ3v) is 4.15. The fraction of sp³-hybridized carbons (Fsp3) is 0.625. The smallest absolute Gasteiger partial charge is 0.0242 e. The van der Waals surface area contributed by atoms with Crippen molar-refractivity contribution < 1.29 is 0 Å². The summed E-state index contributed by atoms with van der Waals surface area (Å²) < 4.78 is 1.20. The first-order valence-corrected chi connectivity index (χ1v) is 7.96. The highest BCUT2D eigenvalue weighted by Crippen LogP contribution is 2.18. The molecule has 0 spiro atoms. The zero-order valence-corrected chi connectivity index (χ0v) is 14.0. The molecule has 2 unspecified atom stereocenters. The van der Waals surface area contributed by atoms with Crippen molar-refractivity contribution >= 4 is 15.9 Å². The summed E-state index contributed by atoms with van der Waals surface area (Å²) in [5, 5.41) is 0. The van der Waals surface area contributed by atoms with E-state index in [0.29, 0.717) is 6.04 Å². The summed E-state index contributed by atoms with van der Waals surface area (Å²) in [7, 11) is 2.20. The molecule has 1 rings (SSSR count). The lowest BCUT2D eigenvalue weighted by Gasteiger charge is -2.22. The fourth-order valence-electron chi connectivity index (χ4n) is 2.39. The number of rotatable bonds is 8. The molecule has 2 atom stereocenters. The lowest BCUT2D eigenvalue weighted by atomic mass is 10.0. The molecule has 0 heterocycles. The van der Waals surface area contributed by atoms with E-state index in [0.717, 1.165) is 25.4 Å². The lowest BCUT2D eigenvalue weighted by Crippen LogP contribution is -2.24. The molecule has 108 valence electrons. The number of halogens is 1. The molecule has 19 heavy (non-hydrogen) atoms. The molecule has 0 fully saturated rings. The molecular formula is C16H27BrN2. The minimum absolute atomic E-state index is 0.338. The highest BCUT2D eigenvalue weighted by molar-refractivity contribution is 9.10. The number of nitrogens with zero attached hydrogens (tertiary/aromatic N) is 1. The summed E-state index contributed by atoms with van der Waals surface area (Å²) in [6, 6.07) is 8.78. The quantitative estimate of drug-likeness (QED) is 0.781.